The number of nitrogens with zero attached hydrogens (tertiary/aromatic N) is 3. The Hall–Kier alpha value is -1.03. The van der Waals surface area contributed by atoms with Gasteiger partial charge >= 0.3 is 0 Å². The second kappa shape index (κ2) is 4.45. The molecule has 16 heavy (non-hydrogen) atoms. The molecule has 0 spiro atoms. The molecule has 1 fully saturated rings. The number of hydrogen-bond donors (Lipinski definition) is 0. The first-order valence-corrected chi connectivity index (χ1v) is 5.93. The van der Waals surface area contributed by atoms with Gasteiger partial charge < -0.3 is 9.47 Å². The minimum atomic E-state index is -0.0156. The summed E-state index contributed by atoms with van der Waals surface area (Å²) in [6.45, 7) is 3.53. The number of aryl methyl sites for hydroxylation is 1. The van der Waals surface area contributed by atoms with E-state index in [0.29, 0.717) is 18.2 Å². The topological polar surface area (TPSA) is 38.1 Å². The van der Waals surface area contributed by atoms with E-state index in [1.807, 2.05) is 7.05 Å². The van der Waals surface area contributed by atoms with E-state index in [0.717, 1.165) is 13.0 Å². The number of rotatable bonds is 1. The van der Waals surface area contributed by atoms with Crippen LogP contribution in [0.5, 0.6) is 0 Å². The summed E-state index contributed by atoms with van der Waals surface area (Å²) in [6, 6.07) is 0. The van der Waals surface area contributed by atoms with Crippen LogP contribution < -0.4 is 0 Å². The van der Waals surface area contributed by atoms with Gasteiger partial charge in [0, 0.05) is 26.3 Å². The highest BCUT2D eigenvalue weighted by Crippen LogP contribution is 2.22. The zero-order chi connectivity index (χ0) is 11.7. The van der Waals surface area contributed by atoms with Gasteiger partial charge in [0.25, 0.3) is 5.91 Å². The van der Waals surface area contributed by atoms with Crippen molar-refractivity contribution in [2.75, 3.05) is 13.1 Å². The SMILES string of the molecule is CC1CCN(C(=O)c2cn(C)cn2)CC1Cl. The van der Waals surface area contributed by atoms with Gasteiger partial charge in [0.1, 0.15) is 5.69 Å². The summed E-state index contributed by atoms with van der Waals surface area (Å²) in [5.74, 6) is 0.465. The fourth-order valence-electron chi connectivity index (χ4n) is 1.89. The Morgan fingerprint density at radius 2 is 2.38 bits per heavy atom. The largest absolute Gasteiger partial charge is 0.340 e. The molecule has 4 nitrogen and oxygen atoms in total. The lowest BCUT2D eigenvalue weighted by molar-refractivity contribution is 0.0696. The summed E-state index contributed by atoms with van der Waals surface area (Å²) >= 11 is 6.18. The van der Waals surface area contributed by atoms with E-state index in [9.17, 15) is 4.79 Å². The molecule has 1 aliphatic rings. The molecule has 0 radical (unpaired) electrons. The molecule has 2 unspecified atom stereocenters. The van der Waals surface area contributed by atoms with Crippen LogP contribution >= 0.6 is 11.6 Å². The van der Waals surface area contributed by atoms with Gasteiger partial charge in [-0.2, -0.15) is 0 Å². The molecule has 2 heterocycles. The molecule has 0 bridgehead atoms. The van der Waals surface area contributed by atoms with E-state index in [1.165, 1.54) is 0 Å². The number of piperidine rings is 1. The molecule has 0 aromatic carbocycles. The quantitative estimate of drug-likeness (QED) is 0.699. The van der Waals surface area contributed by atoms with E-state index in [1.54, 1.807) is 22.0 Å². The summed E-state index contributed by atoms with van der Waals surface area (Å²) in [4.78, 5) is 17.9. The summed E-state index contributed by atoms with van der Waals surface area (Å²) in [5, 5.41) is 0.0569. The Morgan fingerprint density at radius 3 is 2.94 bits per heavy atom. The smallest absolute Gasteiger partial charge is 0.274 e. The summed E-state index contributed by atoms with van der Waals surface area (Å²) in [6.07, 6.45) is 4.34. The molecule has 1 amide bonds. The number of carbonyl (C=O) groups is 1. The molecule has 1 aromatic rings. The van der Waals surface area contributed by atoms with Crippen molar-refractivity contribution in [3.63, 3.8) is 0 Å². The van der Waals surface area contributed by atoms with Crippen molar-refractivity contribution >= 4 is 17.5 Å². The van der Waals surface area contributed by atoms with E-state index >= 15 is 0 Å². The highest BCUT2D eigenvalue weighted by Gasteiger charge is 2.28. The van der Waals surface area contributed by atoms with Gasteiger partial charge in [-0.25, -0.2) is 4.98 Å². The molecular formula is C11H16ClN3O. The van der Waals surface area contributed by atoms with Crippen LogP contribution in [0.1, 0.15) is 23.8 Å². The van der Waals surface area contributed by atoms with E-state index in [4.69, 9.17) is 11.6 Å². The molecule has 1 saturated heterocycles. The molecule has 2 atom stereocenters. The minimum absolute atomic E-state index is 0.0156. The maximum absolute atomic E-state index is 12.1. The van der Waals surface area contributed by atoms with E-state index in [2.05, 4.69) is 11.9 Å². The second-order valence-electron chi connectivity index (χ2n) is 4.46. The normalized spacial score (nSPS) is 25.8. The van der Waals surface area contributed by atoms with Crippen LogP contribution in [0.3, 0.4) is 0 Å². The van der Waals surface area contributed by atoms with Gasteiger partial charge in [-0.15, -0.1) is 11.6 Å². The molecule has 88 valence electrons. The van der Waals surface area contributed by atoms with Gasteiger partial charge in [0.05, 0.1) is 11.7 Å². The molecular weight excluding hydrogens is 226 g/mol. The van der Waals surface area contributed by atoms with Crippen LogP contribution in [-0.4, -0.2) is 38.8 Å². The third kappa shape index (κ3) is 2.21. The van der Waals surface area contributed by atoms with Gasteiger partial charge in [0.2, 0.25) is 0 Å². The van der Waals surface area contributed by atoms with Crippen molar-refractivity contribution in [3.05, 3.63) is 18.2 Å². The van der Waals surface area contributed by atoms with Gasteiger partial charge in [-0.1, -0.05) is 6.92 Å². The Kier molecular flexibility index (Phi) is 3.19. The summed E-state index contributed by atoms with van der Waals surface area (Å²) in [7, 11) is 1.85. The first-order chi connectivity index (χ1) is 7.58. The number of hydrogen-bond acceptors (Lipinski definition) is 2. The number of amides is 1. The first kappa shape index (κ1) is 11.5. The third-order valence-corrected chi connectivity index (χ3v) is 3.65. The third-order valence-electron chi connectivity index (χ3n) is 3.08. The van der Waals surface area contributed by atoms with Crippen LogP contribution in [0.2, 0.25) is 0 Å². The molecule has 1 aromatic heterocycles. The predicted molar refractivity (Wildman–Crippen MR) is 62.5 cm³/mol. The summed E-state index contributed by atoms with van der Waals surface area (Å²) < 4.78 is 1.78. The van der Waals surface area contributed by atoms with Crippen molar-refractivity contribution < 1.29 is 4.79 Å². The number of alkyl halides is 1. The molecule has 0 N–H and O–H groups in total. The second-order valence-corrected chi connectivity index (χ2v) is 5.02. The van der Waals surface area contributed by atoms with Crippen molar-refractivity contribution in [2.24, 2.45) is 13.0 Å². The molecule has 2 rings (SSSR count). The van der Waals surface area contributed by atoms with Crippen molar-refractivity contribution in [1.29, 1.82) is 0 Å². The lowest BCUT2D eigenvalue weighted by atomic mass is 9.98. The number of aromatic nitrogens is 2. The average molecular weight is 242 g/mol. The average Bonchev–Trinajstić information content (AvgIpc) is 2.68. The fraction of sp³-hybridized carbons (Fsp3) is 0.636. The number of halogens is 1. The van der Waals surface area contributed by atoms with Gasteiger partial charge in [-0.3, -0.25) is 4.79 Å². The molecule has 1 aliphatic heterocycles. The van der Waals surface area contributed by atoms with Crippen LogP contribution in [0.25, 0.3) is 0 Å². The van der Waals surface area contributed by atoms with Gasteiger partial charge in [0.15, 0.2) is 0 Å². The van der Waals surface area contributed by atoms with E-state index < -0.39 is 0 Å². The summed E-state index contributed by atoms with van der Waals surface area (Å²) in [5.41, 5.74) is 0.501. The predicted octanol–water partition coefficient (Wildman–Crippen LogP) is 1.51. The standard InChI is InChI=1S/C11H16ClN3O/c1-8-3-4-15(5-9(8)12)11(16)10-6-14(2)7-13-10/h6-9H,3-5H2,1-2H3. The number of imidazole rings is 1. The maximum atomic E-state index is 12.1. The molecule has 0 saturated carbocycles. The lowest BCUT2D eigenvalue weighted by Gasteiger charge is -2.33. The monoisotopic (exact) mass is 241 g/mol. The van der Waals surface area contributed by atoms with Crippen molar-refractivity contribution in [1.82, 2.24) is 14.5 Å². The number of carbonyl (C=O) groups excluding carboxylic acids is 1. The Labute approximate surface area is 100 Å². The van der Waals surface area contributed by atoms with Crippen molar-refractivity contribution in [2.45, 2.75) is 18.7 Å². The fourth-order valence-corrected chi connectivity index (χ4v) is 2.18. The van der Waals surface area contributed by atoms with Gasteiger partial charge in [-0.05, 0) is 12.3 Å². The lowest BCUT2D eigenvalue weighted by Crippen LogP contribution is -2.43. The van der Waals surface area contributed by atoms with E-state index in [-0.39, 0.29) is 11.3 Å². The highest BCUT2D eigenvalue weighted by molar-refractivity contribution is 6.21. The van der Waals surface area contributed by atoms with Crippen LogP contribution in [0, 0.1) is 5.92 Å². The highest BCUT2D eigenvalue weighted by atomic mass is 35.5. The van der Waals surface area contributed by atoms with Crippen LogP contribution in [-0.2, 0) is 7.05 Å². The van der Waals surface area contributed by atoms with Crippen LogP contribution in [0.4, 0.5) is 0 Å². The molecule has 0 aliphatic carbocycles. The maximum Gasteiger partial charge on any atom is 0.274 e. The Balaban J connectivity index is 2.06. The zero-order valence-corrected chi connectivity index (χ0v) is 10.3. The first-order valence-electron chi connectivity index (χ1n) is 5.49. The van der Waals surface area contributed by atoms with Crippen LogP contribution in [0.15, 0.2) is 12.5 Å². The Bertz CT molecular complexity index is 390. The zero-order valence-electron chi connectivity index (χ0n) is 9.56. The molecule has 5 heteroatoms. The number of likely N-dealkylation sites (tertiary alicyclic amines) is 1. The minimum Gasteiger partial charge on any atom is -0.340 e. The Morgan fingerprint density at radius 1 is 1.62 bits per heavy atom. The van der Waals surface area contributed by atoms with Crippen molar-refractivity contribution in [3.8, 4) is 0 Å².